The maximum atomic E-state index is 12.5. The number of carbonyl (C=O) groups excluding carboxylic acids is 1. The van der Waals surface area contributed by atoms with Crippen molar-refractivity contribution in [2.75, 3.05) is 19.5 Å². The van der Waals surface area contributed by atoms with Crippen molar-refractivity contribution in [3.8, 4) is 11.5 Å². The molecule has 0 aliphatic rings. The van der Waals surface area contributed by atoms with E-state index in [9.17, 15) is 14.7 Å². The van der Waals surface area contributed by atoms with Crippen molar-refractivity contribution in [2.24, 2.45) is 5.92 Å². The molecule has 0 saturated carbocycles. The van der Waals surface area contributed by atoms with Gasteiger partial charge in [0.05, 0.1) is 20.1 Å². The normalized spacial score (nSPS) is 12.1. The summed E-state index contributed by atoms with van der Waals surface area (Å²) in [6.07, 6.45) is 3.90. The molecule has 0 fully saturated rings. The Bertz CT molecular complexity index is 933. The van der Waals surface area contributed by atoms with Crippen molar-refractivity contribution >= 4 is 23.6 Å². The Kier molecular flexibility index (Phi) is 8.04. The van der Waals surface area contributed by atoms with E-state index in [4.69, 9.17) is 9.47 Å². The molecule has 6 heteroatoms. The van der Waals surface area contributed by atoms with E-state index < -0.39 is 11.9 Å². The molecule has 0 aliphatic heterocycles. The highest BCUT2D eigenvalue weighted by molar-refractivity contribution is 6.02. The maximum absolute atomic E-state index is 12.5. The van der Waals surface area contributed by atoms with Crippen LogP contribution in [0.15, 0.2) is 42.5 Å². The molecule has 2 rings (SSSR count). The summed E-state index contributed by atoms with van der Waals surface area (Å²) in [4.78, 5) is 23.9. The van der Waals surface area contributed by atoms with Crippen molar-refractivity contribution in [3.63, 3.8) is 0 Å². The summed E-state index contributed by atoms with van der Waals surface area (Å²) in [7, 11) is 3.12. The Hall–Kier alpha value is -3.28. The minimum Gasteiger partial charge on any atom is -0.493 e. The fourth-order valence-corrected chi connectivity index (χ4v) is 3.04. The molecule has 1 amide bonds. The zero-order valence-corrected chi connectivity index (χ0v) is 18.1. The number of amides is 1. The zero-order valence-electron chi connectivity index (χ0n) is 18.1. The van der Waals surface area contributed by atoms with E-state index in [1.807, 2.05) is 18.2 Å². The van der Waals surface area contributed by atoms with Gasteiger partial charge in [0, 0.05) is 11.8 Å². The van der Waals surface area contributed by atoms with Gasteiger partial charge in [0.1, 0.15) is 0 Å². The van der Waals surface area contributed by atoms with Crippen LogP contribution in [0.1, 0.15) is 43.4 Å². The Morgan fingerprint density at radius 2 is 1.73 bits per heavy atom. The van der Waals surface area contributed by atoms with Gasteiger partial charge in [-0.2, -0.15) is 0 Å². The second-order valence-corrected chi connectivity index (χ2v) is 7.51. The highest BCUT2D eigenvalue weighted by atomic mass is 16.5. The number of ether oxygens (including phenoxy) is 2. The number of aliphatic carboxylic acids is 1. The Morgan fingerprint density at radius 1 is 1.03 bits per heavy atom. The number of carbonyl (C=O) groups is 2. The van der Waals surface area contributed by atoms with Crippen molar-refractivity contribution in [1.82, 2.24) is 0 Å². The molecule has 0 heterocycles. The van der Waals surface area contributed by atoms with Gasteiger partial charge in [-0.15, -0.1) is 0 Å². The van der Waals surface area contributed by atoms with Crippen LogP contribution in [-0.2, 0) is 16.0 Å². The molecular weight excluding hydrogens is 382 g/mol. The number of hydrogen-bond donors (Lipinski definition) is 2. The van der Waals surface area contributed by atoms with Gasteiger partial charge in [-0.1, -0.05) is 32.0 Å². The van der Waals surface area contributed by atoms with Gasteiger partial charge >= 0.3 is 5.97 Å². The number of rotatable bonds is 9. The average molecular weight is 411 g/mol. The lowest BCUT2D eigenvalue weighted by Crippen LogP contribution is -2.13. The van der Waals surface area contributed by atoms with E-state index in [2.05, 4.69) is 19.2 Å². The lowest BCUT2D eigenvalue weighted by Gasteiger charge is -2.15. The van der Waals surface area contributed by atoms with E-state index in [-0.39, 0.29) is 5.91 Å². The van der Waals surface area contributed by atoms with Gasteiger partial charge in [-0.3, -0.25) is 9.59 Å². The minimum atomic E-state index is -0.905. The van der Waals surface area contributed by atoms with E-state index in [0.29, 0.717) is 28.7 Å². The third kappa shape index (κ3) is 6.11. The van der Waals surface area contributed by atoms with Crippen LogP contribution < -0.4 is 14.8 Å². The molecule has 2 aromatic carbocycles. The van der Waals surface area contributed by atoms with Gasteiger partial charge in [0.15, 0.2) is 11.5 Å². The highest BCUT2D eigenvalue weighted by Crippen LogP contribution is 2.28. The first-order valence-electron chi connectivity index (χ1n) is 9.81. The number of hydrogen-bond acceptors (Lipinski definition) is 4. The van der Waals surface area contributed by atoms with E-state index in [0.717, 1.165) is 17.5 Å². The smallest absolute Gasteiger partial charge is 0.310 e. The number of nitrogens with one attached hydrogen (secondary N) is 1. The fourth-order valence-electron chi connectivity index (χ4n) is 3.04. The first-order valence-corrected chi connectivity index (χ1v) is 9.81. The predicted octanol–water partition coefficient (Wildman–Crippen LogP) is 4.74. The van der Waals surface area contributed by atoms with Gasteiger partial charge in [-0.05, 0) is 60.2 Å². The molecule has 0 bridgehead atoms. The Morgan fingerprint density at radius 3 is 2.33 bits per heavy atom. The summed E-state index contributed by atoms with van der Waals surface area (Å²) in [6.45, 7) is 5.81. The van der Waals surface area contributed by atoms with E-state index in [1.165, 1.54) is 6.08 Å². The highest BCUT2D eigenvalue weighted by Gasteiger charge is 2.16. The fraction of sp³-hybridized carbons (Fsp3) is 0.333. The monoisotopic (exact) mass is 411 g/mol. The summed E-state index contributed by atoms with van der Waals surface area (Å²) < 4.78 is 10.5. The summed E-state index contributed by atoms with van der Waals surface area (Å²) in [5.41, 5.74) is 3.04. The van der Waals surface area contributed by atoms with Gasteiger partial charge in [-0.25, -0.2) is 0 Å². The third-order valence-electron chi connectivity index (χ3n) is 4.73. The molecule has 1 atom stereocenters. The summed E-state index contributed by atoms with van der Waals surface area (Å²) in [5.74, 6) is -0.273. The Balaban J connectivity index is 2.24. The van der Waals surface area contributed by atoms with Crippen LogP contribution in [0.3, 0.4) is 0 Å². The van der Waals surface area contributed by atoms with Crippen molar-refractivity contribution in [1.29, 1.82) is 0 Å². The molecule has 2 N–H and O–H groups in total. The maximum Gasteiger partial charge on any atom is 0.310 e. The standard InChI is InChI=1S/C24H29NO5/c1-15(2)12-19-9-8-18(16(3)24(27)28)14-20(19)25-23(26)11-7-17-6-10-21(29-4)22(13-17)30-5/h6-11,13-16H,12H2,1-5H3,(H,25,26)(H,27,28). The van der Waals surface area contributed by atoms with E-state index >= 15 is 0 Å². The summed E-state index contributed by atoms with van der Waals surface area (Å²) in [6, 6.07) is 10.8. The first-order chi connectivity index (χ1) is 14.2. The molecule has 160 valence electrons. The average Bonchev–Trinajstić information content (AvgIpc) is 2.72. The van der Waals surface area contributed by atoms with Crippen LogP contribution in [0.5, 0.6) is 11.5 Å². The molecule has 0 spiro atoms. The lowest BCUT2D eigenvalue weighted by atomic mass is 9.95. The lowest BCUT2D eigenvalue weighted by molar-refractivity contribution is -0.138. The van der Waals surface area contributed by atoms with Crippen molar-refractivity contribution < 1.29 is 24.2 Å². The third-order valence-corrected chi connectivity index (χ3v) is 4.73. The van der Waals surface area contributed by atoms with Crippen LogP contribution >= 0.6 is 0 Å². The number of benzene rings is 2. The van der Waals surface area contributed by atoms with Crippen LogP contribution in [-0.4, -0.2) is 31.2 Å². The molecule has 1 unspecified atom stereocenters. The van der Waals surface area contributed by atoms with Crippen LogP contribution in [0.25, 0.3) is 6.08 Å². The predicted molar refractivity (Wildman–Crippen MR) is 118 cm³/mol. The van der Waals surface area contributed by atoms with Crippen LogP contribution in [0.4, 0.5) is 5.69 Å². The minimum absolute atomic E-state index is 0.296. The molecule has 30 heavy (non-hydrogen) atoms. The second kappa shape index (κ2) is 10.5. The molecule has 6 nitrogen and oxygen atoms in total. The van der Waals surface area contributed by atoms with E-state index in [1.54, 1.807) is 45.4 Å². The van der Waals surface area contributed by atoms with Gasteiger partial charge in [0.25, 0.3) is 0 Å². The molecule has 2 aromatic rings. The van der Waals surface area contributed by atoms with Gasteiger partial charge < -0.3 is 19.9 Å². The van der Waals surface area contributed by atoms with Crippen molar-refractivity contribution in [3.05, 3.63) is 59.2 Å². The number of methoxy groups -OCH3 is 2. The molecule has 0 aliphatic carbocycles. The number of carboxylic acid groups (broad SMARTS) is 1. The summed E-state index contributed by atoms with van der Waals surface area (Å²) >= 11 is 0. The topological polar surface area (TPSA) is 84.9 Å². The van der Waals surface area contributed by atoms with Crippen molar-refractivity contribution in [2.45, 2.75) is 33.1 Å². The molecule has 0 radical (unpaired) electrons. The molecular formula is C24H29NO5. The quantitative estimate of drug-likeness (QED) is 0.582. The SMILES string of the molecule is COc1ccc(C=CC(=O)Nc2cc(C(C)C(=O)O)ccc2CC(C)C)cc1OC. The Labute approximate surface area is 177 Å². The number of carboxylic acids is 1. The molecule has 0 saturated heterocycles. The largest absolute Gasteiger partial charge is 0.493 e. The second-order valence-electron chi connectivity index (χ2n) is 7.51. The molecule has 0 aromatic heterocycles. The van der Waals surface area contributed by atoms with Crippen LogP contribution in [0, 0.1) is 5.92 Å². The van der Waals surface area contributed by atoms with Crippen LogP contribution in [0.2, 0.25) is 0 Å². The van der Waals surface area contributed by atoms with Gasteiger partial charge in [0.2, 0.25) is 5.91 Å². The zero-order chi connectivity index (χ0) is 22.3. The summed E-state index contributed by atoms with van der Waals surface area (Å²) in [5, 5.41) is 12.2. The number of anilines is 1. The first kappa shape index (κ1) is 23.0.